The van der Waals surface area contributed by atoms with Crippen molar-refractivity contribution < 1.29 is 18.8 Å². The Kier molecular flexibility index (Phi) is 4.97. The van der Waals surface area contributed by atoms with Crippen molar-refractivity contribution in [2.75, 3.05) is 11.4 Å². The van der Waals surface area contributed by atoms with Gasteiger partial charge in [0.25, 0.3) is 5.91 Å². The first-order valence-electron chi connectivity index (χ1n) is 8.18. The highest BCUT2D eigenvalue weighted by molar-refractivity contribution is 6.15. The van der Waals surface area contributed by atoms with Crippen LogP contribution in [0, 0.1) is 5.82 Å². The second kappa shape index (κ2) is 7.35. The lowest BCUT2D eigenvalue weighted by molar-refractivity contribution is -0.131. The van der Waals surface area contributed by atoms with Crippen molar-refractivity contribution in [1.29, 1.82) is 0 Å². The molecule has 134 valence electrons. The minimum absolute atomic E-state index is 0.313. The van der Waals surface area contributed by atoms with Crippen LogP contribution in [0.4, 0.5) is 14.9 Å². The normalized spacial score (nSPS) is 16.9. The van der Waals surface area contributed by atoms with Gasteiger partial charge in [-0.3, -0.25) is 19.4 Å². The molecule has 4 amide bonds. The highest BCUT2D eigenvalue weighted by Gasteiger charge is 2.43. The maximum atomic E-state index is 13.1. The number of benzene rings is 2. The van der Waals surface area contributed by atoms with Crippen LogP contribution in [0.25, 0.3) is 0 Å². The van der Waals surface area contributed by atoms with E-state index in [2.05, 4.69) is 5.32 Å². The predicted octanol–water partition coefficient (Wildman–Crippen LogP) is 2.30. The lowest BCUT2D eigenvalue weighted by atomic mass is 10.2. The van der Waals surface area contributed by atoms with Gasteiger partial charge in [-0.25, -0.2) is 9.18 Å². The third-order valence-electron chi connectivity index (χ3n) is 4.19. The van der Waals surface area contributed by atoms with Crippen LogP contribution in [-0.4, -0.2) is 35.3 Å². The van der Waals surface area contributed by atoms with Gasteiger partial charge in [0.05, 0.1) is 0 Å². The SMILES string of the molecule is C[C@H]1C(=O)N(CC(=O)NCc2ccccc2)C(=O)N1c1ccc(F)cc1. The molecule has 1 heterocycles. The summed E-state index contributed by atoms with van der Waals surface area (Å²) in [6.07, 6.45) is 0. The lowest BCUT2D eigenvalue weighted by Gasteiger charge is -2.19. The number of imide groups is 1. The van der Waals surface area contributed by atoms with Crippen LogP contribution in [0.15, 0.2) is 54.6 Å². The Morgan fingerprint density at radius 3 is 2.38 bits per heavy atom. The van der Waals surface area contributed by atoms with Gasteiger partial charge in [-0.05, 0) is 36.8 Å². The zero-order valence-electron chi connectivity index (χ0n) is 14.2. The first-order chi connectivity index (χ1) is 12.5. The highest BCUT2D eigenvalue weighted by atomic mass is 19.1. The van der Waals surface area contributed by atoms with Gasteiger partial charge in [0.1, 0.15) is 18.4 Å². The summed E-state index contributed by atoms with van der Waals surface area (Å²) >= 11 is 0. The van der Waals surface area contributed by atoms with Crippen LogP contribution < -0.4 is 10.2 Å². The molecule has 0 unspecified atom stereocenters. The number of urea groups is 1. The van der Waals surface area contributed by atoms with E-state index in [-0.39, 0.29) is 6.54 Å². The van der Waals surface area contributed by atoms with E-state index in [1.807, 2.05) is 30.3 Å². The summed E-state index contributed by atoms with van der Waals surface area (Å²) in [4.78, 5) is 39.3. The Labute approximate surface area is 150 Å². The number of halogens is 1. The molecule has 1 aliphatic rings. The zero-order valence-corrected chi connectivity index (χ0v) is 14.2. The molecular formula is C19H18FN3O3. The van der Waals surface area contributed by atoms with E-state index < -0.39 is 29.7 Å². The molecule has 1 atom stereocenters. The summed E-state index contributed by atoms with van der Waals surface area (Å²) in [5, 5.41) is 2.69. The molecule has 0 saturated carbocycles. The topological polar surface area (TPSA) is 69.7 Å². The molecule has 2 aromatic carbocycles. The molecule has 0 spiro atoms. The van der Waals surface area contributed by atoms with Crippen LogP contribution in [0.1, 0.15) is 12.5 Å². The van der Waals surface area contributed by atoms with E-state index in [1.165, 1.54) is 29.2 Å². The Morgan fingerprint density at radius 1 is 1.08 bits per heavy atom. The van der Waals surface area contributed by atoms with Crippen molar-refractivity contribution in [1.82, 2.24) is 10.2 Å². The third-order valence-corrected chi connectivity index (χ3v) is 4.19. The summed E-state index contributed by atoms with van der Waals surface area (Å²) < 4.78 is 13.1. The van der Waals surface area contributed by atoms with Crippen LogP contribution in [-0.2, 0) is 16.1 Å². The third kappa shape index (κ3) is 3.56. The minimum atomic E-state index is -0.755. The molecule has 0 aromatic heterocycles. The van der Waals surface area contributed by atoms with Crippen molar-refractivity contribution in [2.45, 2.75) is 19.5 Å². The van der Waals surface area contributed by atoms with Crippen molar-refractivity contribution in [3.63, 3.8) is 0 Å². The Balaban J connectivity index is 1.66. The summed E-state index contributed by atoms with van der Waals surface area (Å²) in [5.74, 6) is -1.32. The number of carbonyl (C=O) groups excluding carboxylic acids is 3. The van der Waals surface area contributed by atoms with Gasteiger partial charge in [-0.1, -0.05) is 30.3 Å². The second-order valence-electron chi connectivity index (χ2n) is 5.99. The quantitative estimate of drug-likeness (QED) is 0.837. The fourth-order valence-corrected chi connectivity index (χ4v) is 2.80. The van der Waals surface area contributed by atoms with Gasteiger partial charge in [0.2, 0.25) is 5.91 Å². The van der Waals surface area contributed by atoms with Crippen molar-refractivity contribution in [3.8, 4) is 0 Å². The molecule has 1 fully saturated rings. The molecule has 26 heavy (non-hydrogen) atoms. The average molecular weight is 355 g/mol. The molecule has 0 radical (unpaired) electrons. The average Bonchev–Trinajstić information content (AvgIpc) is 2.85. The summed E-state index contributed by atoms with van der Waals surface area (Å²) in [7, 11) is 0. The molecular weight excluding hydrogens is 337 g/mol. The Bertz CT molecular complexity index is 824. The van der Waals surface area contributed by atoms with Crippen LogP contribution in [0.5, 0.6) is 0 Å². The number of hydrogen-bond acceptors (Lipinski definition) is 3. The van der Waals surface area contributed by atoms with E-state index in [0.717, 1.165) is 10.5 Å². The van der Waals surface area contributed by atoms with Gasteiger partial charge in [0.15, 0.2) is 0 Å². The predicted molar refractivity (Wildman–Crippen MR) is 93.7 cm³/mol. The number of nitrogens with one attached hydrogen (secondary N) is 1. The monoisotopic (exact) mass is 355 g/mol. The van der Waals surface area contributed by atoms with E-state index in [0.29, 0.717) is 12.2 Å². The molecule has 7 heteroatoms. The number of nitrogens with zero attached hydrogens (tertiary/aromatic N) is 2. The summed E-state index contributed by atoms with van der Waals surface area (Å²) in [6.45, 7) is 1.53. The van der Waals surface area contributed by atoms with E-state index in [1.54, 1.807) is 6.92 Å². The standard InChI is InChI=1S/C19H18FN3O3/c1-13-18(25)22(12-17(24)21-11-14-5-3-2-4-6-14)19(26)23(13)16-9-7-15(20)8-10-16/h2-10,13H,11-12H2,1H3,(H,21,24)/t13-/m0/s1. The second-order valence-corrected chi connectivity index (χ2v) is 5.99. The fraction of sp³-hybridized carbons (Fsp3) is 0.211. The number of carbonyl (C=O) groups is 3. The first-order valence-corrected chi connectivity index (χ1v) is 8.18. The number of anilines is 1. The molecule has 1 N–H and O–H groups in total. The van der Waals surface area contributed by atoms with Crippen molar-refractivity contribution in [3.05, 3.63) is 66.0 Å². The minimum Gasteiger partial charge on any atom is -0.350 e. The van der Waals surface area contributed by atoms with Crippen LogP contribution in [0.3, 0.4) is 0 Å². The highest BCUT2D eigenvalue weighted by Crippen LogP contribution is 2.25. The molecule has 1 aliphatic heterocycles. The first kappa shape index (κ1) is 17.6. The Hall–Kier alpha value is -3.22. The van der Waals surface area contributed by atoms with Crippen LogP contribution in [0.2, 0.25) is 0 Å². The molecule has 6 nitrogen and oxygen atoms in total. The van der Waals surface area contributed by atoms with Gasteiger partial charge in [0, 0.05) is 12.2 Å². The summed E-state index contributed by atoms with van der Waals surface area (Å²) in [6, 6.07) is 13.3. The largest absolute Gasteiger partial charge is 0.350 e. The Morgan fingerprint density at radius 2 is 1.73 bits per heavy atom. The van der Waals surface area contributed by atoms with Gasteiger partial charge in [-0.2, -0.15) is 0 Å². The van der Waals surface area contributed by atoms with E-state index in [9.17, 15) is 18.8 Å². The maximum Gasteiger partial charge on any atom is 0.332 e. The number of amides is 4. The number of rotatable bonds is 5. The van der Waals surface area contributed by atoms with Crippen LogP contribution >= 0.6 is 0 Å². The molecule has 0 aliphatic carbocycles. The van der Waals surface area contributed by atoms with E-state index >= 15 is 0 Å². The van der Waals surface area contributed by atoms with Gasteiger partial charge in [-0.15, -0.1) is 0 Å². The van der Waals surface area contributed by atoms with E-state index in [4.69, 9.17) is 0 Å². The zero-order chi connectivity index (χ0) is 18.7. The molecule has 0 bridgehead atoms. The van der Waals surface area contributed by atoms with Gasteiger partial charge < -0.3 is 5.32 Å². The molecule has 3 rings (SSSR count). The van der Waals surface area contributed by atoms with Crippen molar-refractivity contribution in [2.24, 2.45) is 0 Å². The van der Waals surface area contributed by atoms with Gasteiger partial charge >= 0.3 is 6.03 Å². The smallest absolute Gasteiger partial charge is 0.332 e. The number of hydrogen-bond donors (Lipinski definition) is 1. The lowest BCUT2D eigenvalue weighted by Crippen LogP contribution is -2.41. The summed E-state index contributed by atoms with van der Waals surface area (Å²) in [5.41, 5.74) is 1.32. The molecule has 2 aromatic rings. The van der Waals surface area contributed by atoms with Crippen molar-refractivity contribution >= 4 is 23.5 Å². The molecule has 1 saturated heterocycles. The fourth-order valence-electron chi connectivity index (χ4n) is 2.80. The maximum absolute atomic E-state index is 13.1.